The largest absolute Gasteiger partial charge is 0.494 e. The predicted molar refractivity (Wildman–Crippen MR) is 102 cm³/mol. The minimum atomic E-state index is -1.48. The van der Waals surface area contributed by atoms with Crippen molar-refractivity contribution in [3.05, 3.63) is 65.0 Å². The van der Waals surface area contributed by atoms with Crippen molar-refractivity contribution in [1.29, 1.82) is 0 Å². The Morgan fingerprint density at radius 1 is 0.741 bits per heavy atom. The summed E-state index contributed by atoms with van der Waals surface area (Å²) in [6.45, 7) is 2.90. The standard InChI is InChI=1S/C23H25F3O/c1-2-3-4-5-6-7-8-15-27-20-13-11-18(12-14-20)9-10-19-16-21(24)23(26)22(25)17-19/h11-14,16-17H,2-8,15H2,1H3. The van der Waals surface area contributed by atoms with Gasteiger partial charge in [-0.25, -0.2) is 13.2 Å². The van der Waals surface area contributed by atoms with E-state index >= 15 is 0 Å². The molecular weight excluding hydrogens is 349 g/mol. The Kier molecular flexibility index (Phi) is 8.77. The van der Waals surface area contributed by atoms with Gasteiger partial charge in [-0.05, 0) is 42.8 Å². The molecule has 0 atom stereocenters. The van der Waals surface area contributed by atoms with Gasteiger partial charge in [-0.1, -0.05) is 57.3 Å². The molecule has 2 aromatic rings. The van der Waals surface area contributed by atoms with Crippen LogP contribution in [0.3, 0.4) is 0 Å². The highest BCUT2D eigenvalue weighted by molar-refractivity contribution is 5.44. The molecule has 0 bridgehead atoms. The Labute approximate surface area is 159 Å². The highest BCUT2D eigenvalue weighted by atomic mass is 19.2. The van der Waals surface area contributed by atoms with Crippen molar-refractivity contribution in [1.82, 2.24) is 0 Å². The molecule has 27 heavy (non-hydrogen) atoms. The lowest BCUT2D eigenvalue weighted by Gasteiger charge is -2.06. The first-order valence-electron chi connectivity index (χ1n) is 9.49. The van der Waals surface area contributed by atoms with Crippen LogP contribution in [0.5, 0.6) is 5.75 Å². The number of unbranched alkanes of at least 4 members (excludes halogenated alkanes) is 6. The molecule has 0 N–H and O–H groups in total. The average Bonchev–Trinajstić information content (AvgIpc) is 2.67. The third kappa shape index (κ3) is 7.38. The molecule has 2 aromatic carbocycles. The minimum Gasteiger partial charge on any atom is -0.494 e. The van der Waals surface area contributed by atoms with Crippen LogP contribution < -0.4 is 4.74 Å². The van der Waals surface area contributed by atoms with Crippen molar-refractivity contribution >= 4 is 0 Å². The maximum atomic E-state index is 13.2. The van der Waals surface area contributed by atoms with Crippen LogP contribution in [-0.2, 0) is 0 Å². The van der Waals surface area contributed by atoms with Gasteiger partial charge in [0.1, 0.15) is 5.75 Å². The fourth-order valence-electron chi connectivity index (χ4n) is 2.66. The van der Waals surface area contributed by atoms with Crippen molar-refractivity contribution in [2.45, 2.75) is 51.9 Å². The number of hydrogen-bond acceptors (Lipinski definition) is 1. The highest BCUT2D eigenvalue weighted by Gasteiger charge is 2.09. The molecule has 0 aliphatic heterocycles. The lowest BCUT2D eigenvalue weighted by atomic mass is 10.1. The van der Waals surface area contributed by atoms with E-state index in [1.807, 2.05) is 12.1 Å². The van der Waals surface area contributed by atoms with Crippen molar-refractivity contribution in [3.63, 3.8) is 0 Å². The predicted octanol–water partition coefficient (Wildman–Crippen LogP) is 6.63. The molecule has 0 saturated heterocycles. The van der Waals surface area contributed by atoms with Crippen LogP contribution in [0, 0.1) is 29.3 Å². The number of rotatable bonds is 9. The summed E-state index contributed by atoms with van der Waals surface area (Å²) in [7, 11) is 0. The Morgan fingerprint density at radius 2 is 1.30 bits per heavy atom. The minimum absolute atomic E-state index is 0.0886. The van der Waals surface area contributed by atoms with Crippen LogP contribution in [0.4, 0.5) is 13.2 Å². The van der Waals surface area contributed by atoms with E-state index < -0.39 is 17.5 Å². The molecule has 0 fully saturated rings. The van der Waals surface area contributed by atoms with E-state index in [0.29, 0.717) is 12.2 Å². The molecule has 0 aromatic heterocycles. The first-order chi connectivity index (χ1) is 13.1. The molecule has 0 unspecified atom stereocenters. The second-order valence-corrected chi connectivity index (χ2v) is 6.50. The molecule has 144 valence electrons. The third-order valence-electron chi connectivity index (χ3n) is 4.21. The van der Waals surface area contributed by atoms with Crippen LogP contribution in [0.25, 0.3) is 0 Å². The Bertz CT molecular complexity index is 749. The van der Waals surface area contributed by atoms with Gasteiger partial charge in [0.2, 0.25) is 0 Å². The molecule has 0 radical (unpaired) electrons. The van der Waals surface area contributed by atoms with E-state index in [9.17, 15) is 13.2 Å². The van der Waals surface area contributed by atoms with Gasteiger partial charge < -0.3 is 4.74 Å². The fraction of sp³-hybridized carbons (Fsp3) is 0.391. The fourth-order valence-corrected chi connectivity index (χ4v) is 2.66. The molecule has 0 aliphatic rings. The number of benzene rings is 2. The van der Waals surface area contributed by atoms with Gasteiger partial charge in [0, 0.05) is 11.1 Å². The van der Waals surface area contributed by atoms with Crippen molar-refractivity contribution < 1.29 is 17.9 Å². The molecule has 0 spiro atoms. The summed E-state index contributed by atoms with van der Waals surface area (Å²) in [5, 5.41) is 0. The Balaban J connectivity index is 1.77. The van der Waals surface area contributed by atoms with Crippen molar-refractivity contribution in [2.75, 3.05) is 6.61 Å². The zero-order chi connectivity index (χ0) is 19.5. The second kappa shape index (κ2) is 11.3. The van der Waals surface area contributed by atoms with Gasteiger partial charge >= 0.3 is 0 Å². The Morgan fingerprint density at radius 3 is 1.93 bits per heavy atom. The molecule has 0 heterocycles. The molecular formula is C23H25F3O. The maximum Gasteiger partial charge on any atom is 0.194 e. The summed E-state index contributed by atoms with van der Waals surface area (Å²) in [6.07, 6.45) is 8.66. The summed E-state index contributed by atoms with van der Waals surface area (Å²) in [5.41, 5.74) is 0.772. The number of ether oxygens (including phenoxy) is 1. The zero-order valence-corrected chi connectivity index (χ0v) is 15.7. The number of hydrogen-bond donors (Lipinski definition) is 0. The smallest absolute Gasteiger partial charge is 0.194 e. The summed E-state index contributed by atoms with van der Waals surface area (Å²) in [4.78, 5) is 0. The lowest BCUT2D eigenvalue weighted by Crippen LogP contribution is -1.97. The van der Waals surface area contributed by atoms with E-state index in [2.05, 4.69) is 18.8 Å². The van der Waals surface area contributed by atoms with Crippen molar-refractivity contribution in [2.24, 2.45) is 0 Å². The third-order valence-corrected chi connectivity index (χ3v) is 4.21. The zero-order valence-electron chi connectivity index (χ0n) is 15.7. The van der Waals surface area contributed by atoms with Crippen molar-refractivity contribution in [3.8, 4) is 17.6 Å². The maximum absolute atomic E-state index is 13.2. The normalized spacial score (nSPS) is 10.4. The van der Waals surface area contributed by atoms with Gasteiger partial charge in [-0.3, -0.25) is 0 Å². The van der Waals surface area contributed by atoms with E-state index in [1.54, 1.807) is 12.1 Å². The topological polar surface area (TPSA) is 9.23 Å². The summed E-state index contributed by atoms with van der Waals surface area (Å²) in [6, 6.07) is 8.96. The summed E-state index contributed by atoms with van der Waals surface area (Å²) >= 11 is 0. The summed E-state index contributed by atoms with van der Waals surface area (Å²) < 4.78 is 45.0. The second-order valence-electron chi connectivity index (χ2n) is 6.50. The van der Waals surface area contributed by atoms with Gasteiger partial charge in [0.15, 0.2) is 17.5 Å². The van der Waals surface area contributed by atoms with Crippen LogP contribution in [0.2, 0.25) is 0 Å². The van der Waals surface area contributed by atoms with Crippen LogP contribution in [0.1, 0.15) is 63.0 Å². The Hall–Kier alpha value is -2.41. The van der Waals surface area contributed by atoms with Gasteiger partial charge in [-0.2, -0.15) is 0 Å². The van der Waals surface area contributed by atoms with Gasteiger partial charge in [0.25, 0.3) is 0 Å². The monoisotopic (exact) mass is 374 g/mol. The first-order valence-corrected chi connectivity index (χ1v) is 9.49. The van der Waals surface area contributed by atoms with Crippen LogP contribution in [-0.4, -0.2) is 6.61 Å². The molecule has 4 heteroatoms. The van der Waals surface area contributed by atoms with E-state index in [0.717, 1.165) is 24.3 Å². The summed E-state index contributed by atoms with van der Waals surface area (Å²) in [5.74, 6) is 2.24. The van der Waals surface area contributed by atoms with Crippen LogP contribution >= 0.6 is 0 Å². The van der Waals surface area contributed by atoms with E-state index in [4.69, 9.17) is 4.74 Å². The number of halogens is 3. The van der Waals surface area contributed by atoms with Gasteiger partial charge in [0.05, 0.1) is 6.61 Å². The SMILES string of the molecule is CCCCCCCCCOc1ccc(C#Cc2cc(F)c(F)c(F)c2)cc1. The highest BCUT2D eigenvalue weighted by Crippen LogP contribution is 2.15. The molecule has 0 amide bonds. The lowest BCUT2D eigenvalue weighted by molar-refractivity contribution is 0.304. The molecule has 2 rings (SSSR count). The van der Waals surface area contributed by atoms with Crippen LogP contribution in [0.15, 0.2) is 36.4 Å². The van der Waals surface area contributed by atoms with E-state index in [-0.39, 0.29) is 5.56 Å². The molecule has 1 nitrogen and oxygen atoms in total. The van der Waals surface area contributed by atoms with Gasteiger partial charge in [-0.15, -0.1) is 0 Å². The molecule has 0 saturated carbocycles. The first kappa shape index (κ1) is 20.9. The molecule has 0 aliphatic carbocycles. The average molecular weight is 374 g/mol. The quantitative estimate of drug-likeness (QED) is 0.272. The van der Waals surface area contributed by atoms with E-state index in [1.165, 1.54) is 38.5 Å².